The third-order valence-electron chi connectivity index (χ3n) is 1.59. The summed E-state index contributed by atoms with van der Waals surface area (Å²) in [6.07, 6.45) is -0.606. The molecule has 1 radical (unpaired) electrons. The topological polar surface area (TPSA) is 9.23 Å². The summed E-state index contributed by atoms with van der Waals surface area (Å²) in [5.41, 5.74) is 0.836. The van der Waals surface area contributed by atoms with Crippen molar-refractivity contribution in [1.29, 1.82) is 0 Å². The van der Waals surface area contributed by atoms with Crippen LogP contribution in [0.1, 0.15) is 12.5 Å². The van der Waals surface area contributed by atoms with E-state index in [-0.39, 0.29) is 0 Å². The lowest BCUT2D eigenvalue weighted by Crippen LogP contribution is -2.07. The predicted molar refractivity (Wildman–Crippen MR) is 47.0 cm³/mol. The zero-order valence-electron chi connectivity index (χ0n) is 7.34. The van der Waals surface area contributed by atoms with E-state index in [2.05, 4.69) is 0 Å². The largest absolute Gasteiger partial charge is 0.487 e. The Bertz CT molecular complexity index is 261. The first-order valence-electron chi connectivity index (χ1n) is 4.03. The first-order chi connectivity index (χ1) is 6.24. The lowest BCUT2D eigenvalue weighted by molar-refractivity contribution is 0.0816. The van der Waals surface area contributed by atoms with Gasteiger partial charge >= 0.3 is 0 Å². The Hall–Kier alpha value is -1.12. The lowest BCUT2D eigenvalue weighted by Gasteiger charge is -2.08. The molecule has 0 aliphatic heterocycles. The van der Waals surface area contributed by atoms with Gasteiger partial charge in [0.15, 0.2) is 0 Å². The van der Waals surface area contributed by atoms with Crippen LogP contribution in [0.2, 0.25) is 0 Å². The van der Waals surface area contributed by atoms with Crippen LogP contribution in [0.4, 0.5) is 8.78 Å². The molecule has 1 aromatic rings. The predicted octanol–water partition coefficient (Wildman–Crippen LogP) is 2.90. The molecule has 3 heteroatoms. The zero-order chi connectivity index (χ0) is 9.68. The molecule has 0 N–H and O–H groups in total. The minimum absolute atomic E-state index is 0.505. The average molecular weight is 185 g/mol. The second-order valence-electron chi connectivity index (χ2n) is 2.53. The van der Waals surface area contributed by atoms with Crippen LogP contribution in [-0.2, 0) is 0 Å². The normalized spacial score (nSPS) is 10.5. The summed E-state index contributed by atoms with van der Waals surface area (Å²) in [5.74, 6) is 0.505. The maximum atomic E-state index is 11.8. The van der Waals surface area contributed by atoms with Gasteiger partial charge in [-0.25, -0.2) is 8.78 Å². The van der Waals surface area contributed by atoms with Gasteiger partial charge in [0.2, 0.25) is 0 Å². The molecule has 71 valence electrons. The van der Waals surface area contributed by atoms with Crippen molar-refractivity contribution in [2.75, 3.05) is 6.61 Å². The van der Waals surface area contributed by atoms with Gasteiger partial charge in [0.05, 0.1) is 0 Å². The monoisotopic (exact) mass is 185 g/mol. The summed E-state index contributed by atoms with van der Waals surface area (Å²) in [6.45, 7) is 1.29. The third kappa shape index (κ3) is 3.01. The number of hydrogen-bond donors (Lipinski definition) is 0. The highest BCUT2D eigenvalue weighted by Crippen LogP contribution is 2.19. The quantitative estimate of drug-likeness (QED) is 0.700. The molecule has 1 rings (SSSR count). The number of alkyl halides is 2. The molecule has 0 saturated carbocycles. The van der Waals surface area contributed by atoms with E-state index in [0.29, 0.717) is 5.75 Å². The van der Waals surface area contributed by atoms with Gasteiger partial charge in [-0.3, -0.25) is 0 Å². The van der Waals surface area contributed by atoms with Gasteiger partial charge in [0.1, 0.15) is 12.4 Å². The Balaban J connectivity index is 2.64. The number of halogens is 2. The second-order valence-corrected chi connectivity index (χ2v) is 2.53. The van der Waals surface area contributed by atoms with Crippen molar-refractivity contribution in [3.05, 3.63) is 36.2 Å². The molecular formula is C10H11F2O. The van der Waals surface area contributed by atoms with Crippen molar-refractivity contribution in [1.82, 2.24) is 0 Å². The van der Waals surface area contributed by atoms with E-state index in [1.54, 1.807) is 12.1 Å². The molecule has 0 atom stereocenters. The molecular weight excluding hydrogens is 174 g/mol. The third-order valence-corrected chi connectivity index (χ3v) is 1.59. The smallest absolute Gasteiger partial charge is 0.272 e. The summed E-state index contributed by atoms with van der Waals surface area (Å²) in [7, 11) is 0. The highest BCUT2D eigenvalue weighted by molar-refractivity contribution is 5.37. The summed E-state index contributed by atoms with van der Waals surface area (Å²) in [4.78, 5) is 0. The van der Waals surface area contributed by atoms with Crippen LogP contribution in [0.5, 0.6) is 5.75 Å². The Morgan fingerprint density at radius 3 is 2.69 bits per heavy atom. The van der Waals surface area contributed by atoms with E-state index >= 15 is 0 Å². The fraction of sp³-hybridized carbons (Fsp3) is 0.300. The Morgan fingerprint density at radius 2 is 2.08 bits per heavy atom. The van der Waals surface area contributed by atoms with E-state index in [1.165, 1.54) is 0 Å². The van der Waals surface area contributed by atoms with Crippen LogP contribution in [-0.4, -0.2) is 13.0 Å². The number of para-hydroxylation sites is 1. The van der Waals surface area contributed by atoms with Crippen LogP contribution in [0.25, 0.3) is 0 Å². The number of ether oxygens (including phenoxy) is 1. The van der Waals surface area contributed by atoms with Gasteiger partial charge < -0.3 is 4.74 Å². The molecule has 0 heterocycles. The first-order valence-corrected chi connectivity index (χ1v) is 4.03. The van der Waals surface area contributed by atoms with E-state index in [4.69, 9.17) is 4.74 Å². The molecule has 0 saturated heterocycles. The van der Waals surface area contributed by atoms with Crippen molar-refractivity contribution in [3.8, 4) is 5.75 Å². The maximum Gasteiger partial charge on any atom is 0.272 e. The van der Waals surface area contributed by atoms with E-state index < -0.39 is 13.0 Å². The molecule has 0 spiro atoms. The molecule has 0 amide bonds. The van der Waals surface area contributed by atoms with Crippen molar-refractivity contribution >= 4 is 0 Å². The Morgan fingerprint density at radius 1 is 1.38 bits per heavy atom. The van der Waals surface area contributed by atoms with E-state index in [0.717, 1.165) is 5.56 Å². The van der Waals surface area contributed by atoms with Gasteiger partial charge in [0, 0.05) is 0 Å². The lowest BCUT2D eigenvalue weighted by atomic mass is 10.1. The van der Waals surface area contributed by atoms with Gasteiger partial charge in [-0.2, -0.15) is 0 Å². The van der Waals surface area contributed by atoms with Crippen LogP contribution in [0, 0.1) is 6.42 Å². The molecule has 0 fully saturated rings. The molecule has 1 aromatic carbocycles. The van der Waals surface area contributed by atoms with Gasteiger partial charge in [-0.1, -0.05) is 25.1 Å². The minimum Gasteiger partial charge on any atom is -0.487 e. The highest BCUT2D eigenvalue weighted by atomic mass is 19.3. The van der Waals surface area contributed by atoms with Gasteiger partial charge in [0.25, 0.3) is 6.43 Å². The van der Waals surface area contributed by atoms with E-state index in [1.807, 2.05) is 25.5 Å². The molecule has 0 aliphatic carbocycles. The fourth-order valence-electron chi connectivity index (χ4n) is 1.00. The first kappa shape index (κ1) is 9.96. The molecule has 0 aromatic heterocycles. The number of benzene rings is 1. The van der Waals surface area contributed by atoms with Crippen LogP contribution in [0.3, 0.4) is 0 Å². The van der Waals surface area contributed by atoms with Crippen LogP contribution in [0.15, 0.2) is 24.3 Å². The van der Waals surface area contributed by atoms with Crippen molar-refractivity contribution in [2.45, 2.75) is 13.3 Å². The Kier molecular flexibility index (Phi) is 3.68. The van der Waals surface area contributed by atoms with Crippen molar-refractivity contribution in [3.63, 3.8) is 0 Å². The van der Waals surface area contributed by atoms with Gasteiger partial charge in [-0.15, -0.1) is 0 Å². The standard InChI is InChI=1S/C10H11F2O/c1-2-8-5-3-4-6-9(8)13-7-10(11)12/h2-6,10H,7H2,1H3. The minimum atomic E-state index is -2.43. The average Bonchev–Trinajstić information content (AvgIpc) is 2.15. The SMILES string of the molecule is C[CH]c1ccccc1OCC(F)F. The number of hydrogen-bond acceptors (Lipinski definition) is 1. The highest BCUT2D eigenvalue weighted by Gasteiger charge is 2.05. The Labute approximate surface area is 76.3 Å². The summed E-state index contributed by atoms with van der Waals surface area (Å²) in [6, 6.07) is 7.09. The maximum absolute atomic E-state index is 11.8. The molecule has 1 nitrogen and oxygen atoms in total. The summed E-state index contributed by atoms with van der Waals surface area (Å²) < 4.78 is 28.6. The number of rotatable bonds is 4. The van der Waals surface area contributed by atoms with Crippen molar-refractivity contribution in [2.24, 2.45) is 0 Å². The second kappa shape index (κ2) is 4.80. The molecule has 13 heavy (non-hydrogen) atoms. The van der Waals surface area contributed by atoms with Gasteiger partial charge in [-0.05, 0) is 18.1 Å². The molecule has 0 bridgehead atoms. The molecule has 0 aliphatic rings. The van der Waals surface area contributed by atoms with Crippen LogP contribution < -0.4 is 4.74 Å². The summed E-state index contributed by atoms with van der Waals surface area (Å²) >= 11 is 0. The van der Waals surface area contributed by atoms with Crippen molar-refractivity contribution < 1.29 is 13.5 Å². The van der Waals surface area contributed by atoms with Crippen LogP contribution >= 0.6 is 0 Å². The fourth-order valence-corrected chi connectivity index (χ4v) is 1.00. The summed E-state index contributed by atoms with van der Waals surface area (Å²) in [5, 5.41) is 0. The molecule has 0 unspecified atom stereocenters. The zero-order valence-corrected chi connectivity index (χ0v) is 7.34. The van der Waals surface area contributed by atoms with E-state index in [9.17, 15) is 8.78 Å².